The van der Waals surface area contributed by atoms with Gasteiger partial charge in [-0.05, 0) is 61.8 Å². The molecule has 1 unspecified atom stereocenters. The molecule has 2 fully saturated rings. The zero-order chi connectivity index (χ0) is 11.0. The van der Waals surface area contributed by atoms with Gasteiger partial charge in [0, 0.05) is 6.04 Å². The fraction of sp³-hybridized carbons (Fsp3) is 0.571. The van der Waals surface area contributed by atoms with Gasteiger partial charge in [0.2, 0.25) is 0 Å². The molecule has 0 amide bonds. The summed E-state index contributed by atoms with van der Waals surface area (Å²) >= 11 is 0. The molecule has 2 heteroatoms. The molecule has 0 bridgehead atoms. The van der Waals surface area contributed by atoms with Crippen molar-refractivity contribution in [3.05, 3.63) is 35.1 Å². The third-order valence-electron chi connectivity index (χ3n) is 3.73. The second kappa shape index (κ2) is 4.17. The van der Waals surface area contributed by atoms with Crippen molar-refractivity contribution < 1.29 is 4.39 Å². The summed E-state index contributed by atoms with van der Waals surface area (Å²) in [5.74, 6) is 0.525. The van der Waals surface area contributed by atoms with E-state index in [1.165, 1.54) is 25.7 Å². The first-order valence-electron chi connectivity index (χ1n) is 6.34. The molecular formula is C14H18FN. The second-order valence-electron chi connectivity index (χ2n) is 5.13. The summed E-state index contributed by atoms with van der Waals surface area (Å²) in [4.78, 5) is 0. The Hall–Kier alpha value is -0.890. The molecule has 0 spiro atoms. The van der Waals surface area contributed by atoms with E-state index in [9.17, 15) is 4.39 Å². The number of hydrogen-bond donors (Lipinski definition) is 1. The van der Waals surface area contributed by atoms with Gasteiger partial charge in [0.15, 0.2) is 0 Å². The Balaban J connectivity index is 1.72. The van der Waals surface area contributed by atoms with Crippen LogP contribution in [0.1, 0.15) is 42.7 Å². The lowest BCUT2D eigenvalue weighted by Crippen LogP contribution is -2.23. The van der Waals surface area contributed by atoms with Crippen molar-refractivity contribution in [2.75, 3.05) is 6.54 Å². The molecular weight excluding hydrogens is 201 g/mol. The number of nitrogens with one attached hydrogen (secondary N) is 1. The van der Waals surface area contributed by atoms with Crippen LogP contribution in [0.2, 0.25) is 0 Å². The highest BCUT2D eigenvalue weighted by molar-refractivity contribution is 5.30. The van der Waals surface area contributed by atoms with Gasteiger partial charge in [-0.1, -0.05) is 12.1 Å². The molecule has 1 atom stereocenters. The number of benzene rings is 1. The summed E-state index contributed by atoms with van der Waals surface area (Å²) in [6, 6.07) is 6.41. The molecule has 16 heavy (non-hydrogen) atoms. The third-order valence-corrected chi connectivity index (χ3v) is 3.73. The van der Waals surface area contributed by atoms with Gasteiger partial charge in [-0.3, -0.25) is 0 Å². The highest BCUT2D eigenvalue weighted by Gasteiger charge is 2.26. The SMILES string of the molecule is Fc1cc(CC2CCCN2)ccc1C1CC1. The van der Waals surface area contributed by atoms with Crippen LogP contribution in [0, 0.1) is 5.82 Å². The molecule has 1 saturated carbocycles. The maximum absolute atomic E-state index is 13.8. The molecule has 1 heterocycles. The van der Waals surface area contributed by atoms with Crippen molar-refractivity contribution in [3.8, 4) is 0 Å². The normalized spacial score (nSPS) is 24.9. The van der Waals surface area contributed by atoms with Crippen molar-refractivity contribution in [1.82, 2.24) is 5.32 Å². The van der Waals surface area contributed by atoms with Gasteiger partial charge in [0.05, 0.1) is 0 Å². The molecule has 0 radical (unpaired) electrons. The van der Waals surface area contributed by atoms with Crippen molar-refractivity contribution in [2.24, 2.45) is 0 Å². The van der Waals surface area contributed by atoms with Crippen molar-refractivity contribution in [1.29, 1.82) is 0 Å². The van der Waals surface area contributed by atoms with Gasteiger partial charge in [-0.2, -0.15) is 0 Å². The van der Waals surface area contributed by atoms with Crippen LogP contribution >= 0.6 is 0 Å². The largest absolute Gasteiger partial charge is 0.314 e. The number of rotatable bonds is 3. The van der Waals surface area contributed by atoms with Gasteiger partial charge >= 0.3 is 0 Å². The minimum absolute atomic E-state index is 0.0120. The van der Waals surface area contributed by atoms with Gasteiger partial charge in [-0.15, -0.1) is 0 Å². The van der Waals surface area contributed by atoms with E-state index in [2.05, 4.69) is 11.4 Å². The summed E-state index contributed by atoms with van der Waals surface area (Å²) in [6.07, 6.45) is 5.79. The van der Waals surface area contributed by atoms with E-state index in [1.807, 2.05) is 6.07 Å². The van der Waals surface area contributed by atoms with E-state index >= 15 is 0 Å². The topological polar surface area (TPSA) is 12.0 Å². The number of hydrogen-bond acceptors (Lipinski definition) is 1. The zero-order valence-electron chi connectivity index (χ0n) is 9.51. The van der Waals surface area contributed by atoms with Crippen LogP contribution in [0.5, 0.6) is 0 Å². The first-order chi connectivity index (χ1) is 7.83. The van der Waals surface area contributed by atoms with E-state index in [0.29, 0.717) is 12.0 Å². The van der Waals surface area contributed by atoms with Gasteiger partial charge in [0.1, 0.15) is 5.82 Å². The third kappa shape index (κ3) is 2.12. The fourth-order valence-corrected chi connectivity index (χ4v) is 2.64. The summed E-state index contributed by atoms with van der Waals surface area (Å²) in [5, 5.41) is 3.45. The molecule has 1 N–H and O–H groups in total. The Morgan fingerprint density at radius 1 is 1.25 bits per heavy atom. The Bertz CT molecular complexity index is 378. The second-order valence-corrected chi connectivity index (χ2v) is 5.13. The highest BCUT2D eigenvalue weighted by Crippen LogP contribution is 2.41. The van der Waals surface area contributed by atoms with Crippen molar-refractivity contribution in [2.45, 2.75) is 44.1 Å². The fourth-order valence-electron chi connectivity index (χ4n) is 2.64. The van der Waals surface area contributed by atoms with E-state index in [4.69, 9.17) is 0 Å². The van der Waals surface area contributed by atoms with Crippen molar-refractivity contribution in [3.63, 3.8) is 0 Å². The highest BCUT2D eigenvalue weighted by atomic mass is 19.1. The van der Waals surface area contributed by atoms with Crippen LogP contribution in [0.15, 0.2) is 18.2 Å². The van der Waals surface area contributed by atoms with Crippen LogP contribution in [0.3, 0.4) is 0 Å². The van der Waals surface area contributed by atoms with E-state index in [1.54, 1.807) is 6.07 Å². The predicted octanol–water partition coefficient (Wildman–Crippen LogP) is 3.00. The van der Waals surface area contributed by atoms with Crippen LogP contribution in [0.4, 0.5) is 4.39 Å². The Kier molecular flexibility index (Phi) is 2.68. The molecule has 0 aromatic heterocycles. The Morgan fingerprint density at radius 3 is 2.75 bits per heavy atom. The molecule has 1 nitrogen and oxygen atoms in total. The summed E-state index contributed by atoms with van der Waals surface area (Å²) in [6.45, 7) is 1.12. The lowest BCUT2D eigenvalue weighted by atomic mass is 10.0. The first-order valence-corrected chi connectivity index (χ1v) is 6.34. The maximum Gasteiger partial charge on any atom is 0.126 e. The molecule has 3 rings (SSSR count). The quantitative estimate of drug-likeness (QED) is 0.824. The lowest BCUT2D eigenvalue weighted by Gasteiger charge is -2.11. The van der Waals surface area contributed by atoms with Gasteiger partial charge in [0.25, 0.3) is 0 Å². The minimum atomic E-state index is 0.0120. The first kappa shape index (κ1) is 10.3. The summed E-state index contributed by atoms with van der Waals surface area (Å²) in [5.41, 5.74) is 2.07. The van der Waals surface area contributed by atoms with E-state index < -0.39 is 0 Å². The van der Waals surface area contributed by atoms with E-state index in [0.717, 1.165) is 24.1 Å². The Labute approximate surface area is 96.1 Å². The minimum Gasteiger partial charge on any atom is -0.314 e. The van der Waals surface area contributed by atoms with Crippen molar-refractivity contribution >= 4 is 0 Å². The van der Waals surface area contributed by atoms with Gasteiger partial charge < -0.3 is 5.32 Å². The average Bonchev–Trinajstić information content (AvgIpc) is 2.97. The molecule has 1 saturated heterocycles. The molecule has 1 aliphatic heterocycles. The van der Waals surface area contributed by atoms with E-state index in [-0.39, 0.29) is 5.82 Å². The summed E-state index contributed by atoms with van der Waals surface area (Å²) < 4.78 is 13.8. The standard InChI is InChI=1S/C14H18FN/c15-14-9-10(8-12-2-1-7-16-12)3-6-13(14)11-4-5-11/h3,6,9,11-12,16H,1-2,4-5,7-8H2. The lowest BCUT2D eigenvalue weighted by molar-refractivity contribution is 0.587. The Morgan fingerprint density at radius 2 is 2.12 bits per heavy atom. The van der Waals surface area contributed by atoms with Gasteiger partial charge in [-0.25, -0.2) is 4.39 Å². The molecule has 2 aliphatic rings. The monoisotopic (exact) mass is 219 g/mol. The zero-order valence-corrected chi connectivity index (χ0v) is 9.51. The van der Waals surface area contributed by atoms with Crippen LogP contribution in [-0.4, -0.2) is 12.6 Å². The number of halogens is 1. The maximum atomic E-state index is 13.8. The molecule has 1 aliphatic carbocycles. The predicted molar refractivity (Wildman–Crippen MR) is 63.1 cm³/mol. The molecule has 1 aromatic carbocycles. The summed E-state index contributed by atoms with van der Waals surface area (Å²) in [7, 11) is 0. The van der Waals surface area contributed by atoms with Crippen LogP contribution in [-0.2, 0) is 6.42 Å². The average molecular weight is 219 g/mol. The van der Waals surface area contributed by atoms with Crippen LogP contribution in [0.25, 0.3) is 0 Å². The molecule has 1 aromatic rings. The smallest absolute Gasteiger partial charge is 0.126 e. The molecule has 86 valence electrons. The van der Waals surface area contributed by atoms with Crippen LogP contribution < -0.4 is 5.32 Å².